The third-order valence-electron chi connectivity index (χ3n) is 3.75. The van der Waals surface area contributed by atoms with Crippen LogP contribution < -0.4 is 5.32 Å². The fourth-order valence-corrected chi connectivity index (χ4v) is 5.57. The molecule has 0 aliphatic heterocycles. The molecule has 1 aliphatic rings. The molecule has 3 rings (SSSR count). The van der Waals surface area contributed by atoms with Gasteiger partial charge in [-0.05, 0) is 58.6 Å². The number of benzene rings is 1. The molecule has 1 aromatic carbocycles. The van der Waals surface area contributed by atoms with E-state index in [1.54, 1.807) is 43.4 Å². The molecule has 24 heavy (non-hydrogen) atoms. The Morgan fingerprint density at radius 3 is 2.46 bits per heavy atom. The van der Waals surface area contributed by atoms with Crippen LogP contribution in [0.5, 0.6) is 0 Å². The Balaban J connectivity index is 1.67. The number of thiophene rings is 1. The third kappa shape index (κ3) is 4.05. The van der Waals surface area contributed by atoms with Gasteiger partial charge in [0.25, 0.3) is 15.9 Å². The average Bonchev–Trinajstić information content (AvgIpc) is 3.25. The zero-order valence-electron chi connectivity index (χ0n) is 13.0. The van der Waals surface area contributed by atoms with E-state index in [9.17, 15) is 13.2 Å². The molecule has 1 fully saturated rings. The maximum atomic E-state index is 12.5. The quantitative estimate of drug-likeness (QED) is 0.767. The lowest BCUT2D eigenvalue weighted by Gasteiger charge is -2.16. The van der Waals surface area contributed by atoms with Crippen molar-refractivity contribution < 1.29 is 13.2 Å². The SMILES string of the molecule is CN(Cc1ccc(C(=O)NC2CC2)cc1)S(=O)(=O)c1ccc(Br)s1. The van der Waals surface area contributed by atoms with Crippen LogP contribution in [0.25, 0.3) is 0 Å². The van der Waals surface area contributed by atoms with Gasteiger partial charge in [0.1, 0.15) is 4.21 Å². The first kappa shape index (κ1) is 17.6. The van der Waals surface area contributed by atoms with Crippen molar-refractivity contribution in [3.8, 4) is 0 Å². The Kier molecular flexibility index (Phi) is 5.10. The van der Waals surface area contributed by atoms with Gasteiger partial charge in [0, 0.05) is 25.2 Å². The standard InChI is InChI=1S/C16H17BrN2O3S2/c1-19(24(21,22)15-9-8-14(17)23-15)10-11-2-4-12(5-3-11)16(20)18-13-6-7-13/h2-5,8-9,13H,6-7,10H2,1H3,(H,18,20). The number of carbonyl (C=O) groups excluding carboxylic acids is 1. The van der Waals surface area contributed by atoms with Crippen molar-refractivity contribution in [2.45, 2.75) is 29.6 Å². The van der Waals surface area contributed by atoms with Crippen molar-refractivity contribution in [2.75, 3.05) is 7.05 Å². The Bertz CT molecular complexity index is 842. The van der Waals surface area contributed by atoms with Crippen LogP contribution in [0.4, 0.5) is 0 Å². The van der Waals surface area contributed by atoms with Crippen LogP contribution in [0.15, 0.2) is 44.4 Å². The third-order valence-corrected chi connectivity index (χ3v) is 7.64. The van der Waals surface area contributed by atoms with E-state index in [2.05, 4.69) is 21.2 Å². The van der Waals surface area contributed by atoms with Gasteiger partial charge in [0.15, 0.2) is 0 Å². The minimum atomic E-state index is -3.51. The van der Waals surface area contributed by atoms with Crippen LogP contribution in [0.2, 0.25) is 0 Å². The molecule has 0 radical (unpaired) electrons. The van der Waals surface area contributed by atoms with E-state index in [1.807, 2.05) is 0 Å². The van der Waals surface area contributed by atoms with Crippen LogP contribution in [0.3, 0.4) is 0 Å². The molecule has 8 heteroatoms. The van der Waals surface area contributed by atoms with Crippen molar-refractivity contribution in [1.29, 1.82) is 0 Å². The highest BCUT2D eigenvalue weighted by atomic mass is 79.9. The number of carbonyl (C=O) groups is 1. The number of sulfonamides is 1. The summed E-state index contributed by atoms with van der Waals surface area (Å²) in [5, 5.41) is 2.93. The van der Waals surface area contributed by atoms with Crippen LogP contribution in [0, 0.1) is 0 Å². The number of hydrogen-bond donors (Lipinski definition) is 1. The van der Waals surface area contributed by atoms with Gasteiger partial charge in [-0.1, -0.05) is 12.1 Å². The molecular weight excluding hydrogens is 412 g/mol. The van der Waals surface area contributed by atoms with Gasteiger partial charge in [0.2, 0.25) is 0 Å². The van der Waals surface area contributed by atoms with Crippen LogP contribution >= 0.6 is 27.3 Å². The van der Waals surface area contributed by atoms with Gasteiger partial charge >= 0.3 is 0 Å². The van der Waals surface area contributed by atoms with Crippen molar-refractivity contribution in [2.24, 2.45) is 0 Å². The van der Waals surface area contributed by atoms with Gasteiger partial charge in [-0.3, -0.25) is 4.79 Å². The van der Waals surface area contributed by atoms with Gasteiger partial charge in [-0.25, -0.2) is 8.42 Å². The molecular formula is C16H17BrN2O3S2. The van der Waals surface area contributed by atoms with E-state index >= 15 is 0 Å². The number of hydrogen-bond acceptors (Lipinski definition) is 4. The zero-order valence-corrected chi connectivity index (χ0v) is 16.2. The molecule has 1 saturated carbocycles. The molecule has 1 N–H and O–H groups in total. The topological polar surface area (TPSA) is 66.5 Å². The molecule has 2 aromatic rings. The molecule has 5 nitrogen and oxygen atoms in total. The van der Waals surface area contributed by atoms with E-state index < -0.39 is 10.0 Å². The fourth-order valence-electron chi connectivity index (χ4n) is 2.19. The largest absolute Gasteiger partial charge is 0.349 e. The minimum Gasteiger partial charge on any atom is -0.349 e. The Morgan fingerprint density at radius 1 is 1.25 bits per heavy atom. The van der Waals surface area contributed by atoms with Crippen molar-refractivity contribution in [3.05, 3.63) is 51.3 Å². The summed E-state index contributed by atoms with van der Waals surface area (Å²) >= 11 is 4.47. The summed E-state index contributed by atoms with van der Waals surface area (Å²) in [5.74, 6) is -0.0755. The van der Waals surface area contributed by atoms with E-state index in [4.69, 9.17) is 0 Å². The van der Waals surface area contributed by atoms with Crippen LogP contribution in [0.1, 0.15) is 28.8 Å². The summed E-state index contributed by atoms with van der Waals surface area (Å²) in [6.45, 7) is 0.252. The lowest BCUT2D eigenvalue weighted by molar-refractivity contribution is 0.0951. The smallest absolute Gasteiger partial charge is 0.252 e. The summed E-state index contributed by atoms with van der Waals surface area (Å²) in [5.41, 5.74) is 1.43. The van der Waals surface area contributed by atoms with Crippen LogP contribution in [-0.4, -0.2) is 31.7 Å². The van der Waals surface area contributed by atoms with Crippen LogP contribution in [-0.2, 0) is 16.6 Å². The monoisotopic (exact) mass is 428 g/mol. The highest BCUT2D eigenvalue weighted by molar-refractivity contribution is 9.11. The van der Waals surface area contributed by atoms with E-state index in [-0.39, 0.29) is 12.5 Å². The summed E-state index contributed by atoms with van der Waals surface area (Å²) < 4.78 is 27.4. The lowest BCUT2D eigenvalue weighted by atomic mass is 10.1. The molecule has 0 bridgehead atoms. The number of halogens is 1. The molecule has 1 aliphatic carbocycles. The maximum Gasteiger partial charge on any atom is 0.252 e. The molecule has 0 spiro atoms. The molecule has 0 saturated heterocycles. The van der Waals surface area contributed by atoms with Gasteiger partial charge in [0.05, 0.1) is 3.79 Å². The second-order valence-electron chi connectivity index (χ2n) is 5.76. The Morgan fingerprint density at radius 2 is 1.92 bits per heavy atom. The van der Waals surface area contributed by atoms with E-state index in [0.29, 0.717) is 15.8 Å². The predicted molar refractivity (Wildman–Crippen MR) is 97.6 cm³/mol. The number of rotatable bonds is 6. The first-order valence-electron chi connectivity index (χ1n) is 7.48. The summed E-state index contributed by atoms with van der Waals surface area (Å²) in [4.78, 5) is 12.0. The zero-order chi connectivity index (χ0) is 17.3. The van der Waals surface area contributed by atoms with Crippen molar-refractivity contribution in [3.63, 3.8) is 0 Å². The maximum absolute atomic E-state index is 12.5. The first-order valence-corrected chi connectivity index (χ1v) is 10.5. The number of amides is 1. The normalized spacial score (nSPS) is 14.8. The fraction of sp³-hybridized carbons (Fsp3) is 0.312. The van der Waals surface area contributed by atoms with E-state index in [1.165, 1.54) is 15.6 Å². The molecule has 1 amide bonds. The minimum absolute atomic E-state index is 0.0755. The molecule has 0 unspecified atom stereocenters. The second kappa shape index (κ2) is 6.95. The molecule has 1 aromatic heterocycles. The van der Waals surface area contributed by atoms with Gasteiger partial charge in [-0.15, -0.1) is 11.3 Å². The summed E-state index contributed by atoms with van der Waals surface area (Å²) in [6, 6.07) is 10.7. The first-order chi connectivity index (χ1) is 11.4. The Hall–Kier alpha value is -1.22. The summed E-state index contributed by atoms with van der Waals surface area (Å²) in [6.07, 6.45) is 2.09. The highest BCUT2D eigenvalue weighted by Crippen LogP contribution is 2.28. The molecule has 1 heterocycles. The second-order valence-corrected chi connectivity index (χ2v) is 10.5. The van der Waals surface area contributed by atoms with Crippen molar-refractivity contribution in [1.82, 2.24) is 9.62 Å². The van der Waals surface area contributed by atoms with Crippen molar-refractivity contribution >= 4 is 43.2 Å². The van der Waals surface area contributed by atoms with Gasteiger partial charge in [-0.2, -0.15) is 4.31 Å². The lowest BCUT2D eigenvalue weighted by Crippen LogP contribution is -2.26. The summed E-state index contributed by atoms with van der Waals surface area (Å²) in [7, 11) is -1.96. The number of nitrogens with one attached hydrogen (secondary N) is 1. The molecule has 0 atom stereocenters. The van der Waals surface area contributed by atoms with E-state index in [0.717, 1.165) is 22.2 Å². The molecule has 128 valence electrons. The highest BCUT2D eigenvalue weighted by Gasteiger charge is 2.24. The Labute approximate surface area is 153 Å². The average molecular weight is 429 g/mol. The van der Waals surface area contributed by atoms with Gasteiger partial charge < -0.3 is 5.32 Å². The number of nitrogens with zero attached hydrogens (tertiary/aromatic N) is 1. The predicted octanol–water partition coefficient (Wildman–Crippen LogP) is 3.22.